The summed E-state index contributed by atoms with van der Waals surface area (Å²) >= 11 is 0. The van der Waals surface area contributed by atoms with E-state index in [4.69, 9.17) is 0 Å². The van der Waals surface area contributed by atoms with Crippen LogP contribution in [0, 0.1) is 6.92 Å². The molecule has 28 heavy (non-hydrogen) atoms. The second-order valence-electron chi connectivity index (χ2n) is 6.96. The number of nitrogens with zero attached hydrogens (tertiary/aromatic N) is 3. The van der Waals surface area contributed by atoms with Crippen LogP contribution >= 0.6 is 0 Å². The van der Waals surface area contributed by atoms with Gasteiger partial charge >= 0.3 is 0 Å². The zero-order valence-corrected chi connectivity index (χ0v) is 15.9. The highest BCUT2D eigenvalue weighted by atomic mass is 16.1. The summed E-state index contributed by atoms with van der Waals surface area (Å²) in [5.74, 6) is 0.601. The van der Waals surface area contributed by atoms with Crippen molar-refractivity contribution in [3.63, 3.8) is 0 Å². The molecule has 1 aliphatic heterocycles. The molecule has 0 saturated carbocycles. The van der Waals surface area contributed by atoms with Crippen molar-refractivity contribution in [2.75, 3.05) is 28.6 Å². The van der Waals surface area contributed by atoms with E-state index in [0.29, 0.717) is 11.4 Å². The van der Waals surface area contributed by atoms with Gasteiger partial charge in [0.05, 0.1) is 11.9 Å². The lowest BCUT2D eigenvalue weighted by molar-refractivity contribution is 0.102. The van der Waals surface area contributed by atoms with E-state index >= 15 is 0 Å². The molecule has 1 aliphatic rings. The van der Waals surface area contributed by atoms with Crippen LogP contribution in [-0.4, -0.2) is 29.2 Å². The molecule has 2 N–H and O–H groups in total. The number of aryl methyl sites for hydroxylation is 1. The second-order valence-corrected chi connectivity index (χ2v) is 6.96. The summed E-state index contributed by atoms with van der Waals surface area (Å²) in [6, 6.07) is 17.1. The number of hydrogen-bond acceptors (Lipinski definition) is 5. The number of nitrogens with one attached hydrogen (secondary N) is 2. The molecule has 3 aromatic rings. The van der Waals surface area contributed by atoms with E-state index in [9.17, 15) is 4.79 Å². The van der Waals surface area contributed by atoms with Crippen LogP contribution in [0.4, 0.5) is 22.9 Å². The van der Waals surface area contributed by atoms with Crippen LogP contribution in [0.25, 0.3) is 0 Å². The third-order valence-electron chi connectivity index (χ3n) is 4.92. The summed E-state index contributed by atoms with van der Waals surface area (Å²) in [6.45, 7) is 4.07. The number of anilines is 4. The largest absolute Gasteiger partial charge is 0.370 e. The Hall–Kier alpha value is -3.41. The van der Waals surface area contributed by atoms with E-state index in [-0.39, 0.29) is 5.91 Å². The number of amides is 1. The van der Waals surface area contributed by atoms with E-state index in [2.05, 4.69) is 25.7 Å². The van der Waals surface area contributed by atoms with Gasteiger partial charge in [-0.05, 0) is 55.7 Å². The highest BCUT2D eigenvalue weighted by Crippen LogP contribution is 2.23. The fraction of sp³-hybridized carbons (Fsp3) is 0.227. The number of aromatic nitrogens is 2. The normalized spacial score (nSPS) is 13.4. The number of hydrogen-bond donors (Lipinski definition) is 2. The third kappa shape index (κ3) is 4.11. The fourth-order valence-corrected chi connectivity index (χ4v) is 3.38. The summed E-state index contributed by atoms with van der Waals surface area (Å²) < 4.78 is 0. The highest BCUT2D eigenvalue weighted by Gasteiger charge is 2.13. The quantitative estimate of drug-likeness (QED) is 0.694. The second kappa shape index (κ2) is 8.08. The monoisotopic (exact) mass is 373 g/mol. The van der Waals surface area contributed by atoms with Gasteiger partial charge < -0.3 is 15.5 Å². The minimum atomic E-state index is -0.108. The van der Waals surface area contributed by atoms with Gasteiger partial charge in [-0.15, -0.1) is 5.10 Å². The first kappa shape index (κ1) is 18.0. The Morgan fingerprint density at radius 1 is 1.00 bits per heavy atom. The molecule has 6 heteroatoms. The Morgan fingerprint density at radius 3 is 2.46 bits per heavy atom. The predicted octanol–water partition coefficient (Wildman–Crippen LogP) is 4.38. The molecule has 0 aliphatic carbocycles. The maximum absolute atomic E-state index is 12.4. The first-order valence-corrected chi connectivity index (χ1v) is 9.51. The van der Waals surface area contributed by atoms with Gasteiger partial charge in [-0.1, -0.05) is 18.2 Å². The lowest BCUT2D eigenvalue weighted by Gasteiger charge is -2.17. The minimum Gasteiger partial charge on any atom is -0.370 e. The van der Waals surface area contributed by atoms with E-state index in [1.807, 2.05) is 61.5 Å². The average molecular weight is 373 g/mol. The molecule has 0 bridgehead atoms. The smallest absolute Gasteiger partial charge is 0.255 e. The molecule has 2 heterocycles. The standard InChI is InChI=1S/C22H23N5O/c1-16-6-2-3-7-20(16)22(28)25-18-10-8-17(9-11-18)24-21-14-19(15-23-26-21)27-12-4-5-13-27/h2-3,6-11,14-15H,4-5,12-13H2,1H3,(H,24,26)(H,25,28). The zero-order valence-electron chi connectivity index (χ0n) is 15.9. The van der Waals surface area contributed by atoms with Crippen molar-refractivity contribution in [3.8, 4) is 0 Å². The molecular weight excluding hydrogens is 350 g/mol. The Morgan fingerprint density at radius 2 is 1.71 bits per heavy atom. The van der Waals surface area contributed by atoms with Crippen LogP contribution in [0.5, 0.6) is 0 Å². The zero-order chi connectivity index (χ0) is 19.3. The minimum absolute atomic E-state index is 0.108. The van der Waals surface area contributed by atoms with Crippen molar-refractivity contribution < 1.29 is 4.79 Å². The maximum Gasteiger partial charge on any atom is 0.255 e. The van der Waals surface area contributed by atoms with Gasteiger partial charge in [0.15, 0.2) is 5.82 Å². The first-order valence-electron chi connectivity index (χ1n) is 9.51. The molecule has 0 atom stereocenters. The first-order chi connectivity index (χ1) is 13.7. The molecule has 2 aromatic carbocycles. The fourth-order valence-electron chi connectivity index (χ4n) is 3.38. The molecular formula is C22H23N5O. The van der Waals surface area contributed by atoms with Gasteiger partial charge in [0.2, 0.25) is 0 Å². The molecule has 0 spiro atoms. The average Bonchev–Trinajstić information content (AvgIpc) is 3.25. The van der Waals surface area contributed by atoms with Crippen molar-refractivity contribution in [3.05, 3.63) is 71.9 Å². The van der Waals surface area contributed by atoms with Gasteiger partial charge in [-0.25, -0.2) is 0 Å². The molecule has 1 amide bonds. The van der Waals surface area contributed by atoms with E-state index < -0.39 is 0 Å². The van der Waals surface area contributed by atoms with E-state index in [1.165, 1.54) is 12.8 Å². The van der Waals surface area contributed by atoms with Crippen LogP contribution in [0.1, 0.15) is 28.8 Å². The molecule has 1 saturated heterocycles. The summed E-state index contributed by atoms with van der Waals surface area (Å²) in [7, 11) is 0. The Bertz CT molecular complexity index is 965. The summed E-state index contributed by atoms with van der Waals surface area (Å²) in [5.41, 5.74) is 4.36. The van der Waals surface area contributed by atoms with E-state index in [1.54, 1.807) is 6.20 Å². The van der Waals surface area contributed by atoms with Crippen LogP contribution in [0.3, 0.4) is 0 Å². The molecule has 4 rings (SSSR count). The van der Waals surface area contributed by atoms with Crippen molar-refractivity contribution in [2.24, 2.45) is 0 Å². The number of rotatable bonds is 5. The molecule has 0 unspecified atom stereocenters. The number of carbonyl (C=O) groups is 1. The van der Waals surface area contributed by atoms with Gasteiger partial charge in [-0.2, -0.15) is 5.10 Å². The highest BCUT2D eigenvalue weighted by molar-refractivity contribution is 6.05. The lowest BCUT2D eigenvalue weighted by Crippen LogP contribution is -2.18. The van der Waals surface area contributed by atoms with Crippen molar-refractivity contribution in [2.45, 2.75) is 19.8 Å². The van der Waals surface area contributed by atoms with Crippen LogP contribution in [-0.2, 0) is 0 Å². The summed E-state index contributed by atoms with van der Waals surface area (Å²) in [4.78, 5) is 14.7. The van der Waals surface area contributed by atoms with Gasteiger partial charge in [0.1, 0.15) is 0 Å². The van der Waals surface area contributed by atoms with Crippen LogP contribution in [0.15, 0.2) is 60.8 Å². The van der Waals surface area contributed by atoms with Crippen LogP contribution < -0.4 is 15.5 Å². The predicted molar refractivity (Wildman–Crippen MR) is 112 cm³/mol. The van der Waals surface area contributed by atoms with Gasteiger partial charge in [0.25, 0.3) is 5.91 Å². The summed E-state index contributed by atoms with van der Waals surface area (Å²) in [5, 5.41) is 14.5. The number of carbonyl (C=O) groups excluding carboxylic acids is 1. The van der Waals surface area contributed by atoms with E-state index in [0.717, 1.165) is 35.7 Å². The third-order valence-corrected chi connectivity index (χ3v) is 4.92. The van der Waals surface area contributed by atoms with Gasteiger partial charge in [-0.3, -0.25) is 4.79 Å². The van der Waals surface area contributed by atoms with Crippen molar-refractivity contribution in [1.82, 2.24) is 10.2 Å². The van der Waals surface area contributed by atoms with Crippen LogP contribution in [0.2, 0.25) is 0 Å². The number of benzene rings is 2. The van der Waals surface area contributed by atoms with Crippen molar-refractivity contribution in [1.29, 1.82) is 0 Å². The molecule has 1 fully saturated rings. The SMILES string of the molecule is Cc1ccccc1C(=O)Nc1ccc(Nc2cc(N3CCCC3)cnn2)cc1. The lowest BCUT2D eigenvalue weighted by atomic mass is 10.1. The summed E-state index contributed by atoms with van der Waals surface area (Å²) in [6.07, 6.45) is 4.25. The molecule has 142 valence electrons. The van der Waals surface area contributed by atoms with Crippen molar-refractivity contribution >= 4 is 28.8 Å². The van der Waals surface area contributed by atoms with Gasteiger partial charge in [0, 0.05) is 36.1 Å². The molecule has 6 nitrogen and oxygen atoms in total. The topological polar surface area (TPSA) is 70.2 Å². The Kier molecular flexibility index (Phi) is 5.19. The molecule has 0 radical (unpaired) electrons. The Balaban J connectivity index is 1.42. The molecule has 1 aromatic heterocycles. The Labute approximate surface area is 164 Å². The maximum atomic E-state index is 12.4.